The van der Waals surface area contributed by atoms with Crippen LogP contribution in [-0.4, -0.2) is 31.7 Å². The lowest BCUT2D eigenvalue weighted by Gasteiger charge is -2.33. The van der Waals surface area contributed by atoms with Gasteiger partial charge in [0.15, 0.2) is 21.5 Å². The second-order valence-corrected chi connectivity index (χ2v) is 8.46. The van der Waals surface area contributed by atoms with Crippen molar-refractivity contribution in [3.05, 3.63) is 82.6 Å². The lowest BCUT2D eigenvalue weighted by Crippen LogP contribution is -2.56. The molecule has 4 aromatic rings. The Morgan fingerprint density at radius 1 is 1.16 bits per heavy atom. The number of ether oxygens (including phenoxy) is 1. The number of hydrogen-bond acceptors (Lipinski definition) is 6. The van der Waals surface area contributed by atoms with Crippen LogP contribution in [-0.2, 0) is 4.79 Å². The molecule has 10 heteroatoms. The van der Waals surface area contributed by atoms with E-state index in [4.69, 9.17) is 28.6 Å². The summed E-state index contributed by atoms with van der Waals surface area (Å²) >= 11 is 13.0. The molecular weight excluding hydrogens is 468 g/mol. The van der Waals surface area contributed by atoms with Gasteiger partial charge in [-0.2, -0.15) is 0 Å². The Morgan fingerprint density at radius 3 is 2.62 bits per heavy atom. The minimum absolute atomic E-state index is 0.0939. The summed E-state index contributed by atoms with van der Waals surface area (Å²) in [5, 5.41) is 15.4. The van der Waals surface area contributed by atoms with Gasteiger partial charge in [-0.15, -0.1) is 11.3 Å². The summed E-state index contributed by atoms with van der Waals surface area (Å²) in [5.74, 6) is 0.862. The van der Waals surface area contributed by atoms with E-state index >= 15 is 0 Å². The SMILES string of the molecule is O=C1C(=Cc2c(Cl)nc3sccn23)C(O)NC(=S)N1c1ccc(Oc2ccccc2)cc1. The van der Waals surface area contributed by atoms with Crippen molar-refractivity contribution in [2.75, 3.05) is 4.90 Å². The first-order chi connectivity index (χ1) is 15.5. The van der Waals surface area contributed by atoms with Crippen LogP contribution in [0.1, 0.15) is 5.69 Å². The molecule has 1 aliphatic rings. The van der Waals surface area contributed by atoms with E-state index in [1.165, 1.54) is 22.3 Å². The van der Waals surface area contributed by atoms with Crippen molar-refractivity contribution in [2.45, 2.75) is 6.23 Å². The lowest BCUT2D eigenvalue weighted by molar-refractivity contribution is -0.115. The van der Waals surface area contributed by atoms with Crippen LogP contribution in [0.3, 0.4) is 0 Å². The number of thiazole rings is 1. The molecule has 1 fully saturated rings. The molecule has 32 heavy (non-hydrogen) atoms. The molecule has 1 saturated heterocycles. The van der Waals surface area contributed by atoms with Crippen molar-refractivity contribution in [3.63, 3.8) is 0 Å². The van der Waals surface area contributed by atoms with E-state index in [0.717, 1.165) is 0 Å². The number of anilines is 1. The van der Waals surface area contributed by atoms with Crippen LogP contribution in [0.15, 0.2) is 71.7 Å². The van der Waals surface area contributed by atoms with Gasteiger partial charge in [-0.25, -0.2) is 4.98 Å². The molecule has 1 atom stereocenters. The molecule has 1 unspecified atom stereocenters. The van der Waals surface area contributed by atoms with Gasteiger partial charge in [0.25, 0.3) is 5.91 Å². The molecule has 160 valence electrons. The smallest absolute Gasteiger partial charge is 0.265 e. The quantitative estimate of drug-likeness (QED) is 0.330. The minimum Gasteiger partial charge on any atom is -0.457 e. The third-order valence-corrected chi connectivity index (χ3v) is 6.16. The maximum absolute atomic E-state index is 13.3. The van der Waals surface area contributed by atoms with Crippen molar-refractivity contribution < 1.29 is 14.6 Å². The lowest BCUT2D eigenvalue weighted by atomic mass is 10.1. The van der Waals surface area contributed by atoms with E-state index in [1.54, 1.807) is 34.9 Å². The molecule has 0 bridgehead atoms. The topological polar surface area (TPSA) is 79.1 Å². The largest absolute Gasteiger partial charge is 0.457 e. The molecule has 5 rings (SSSR count). The number of halogens is 1. The Labute approximate surface area is 197 Å². The monoisotopic (exact) mass is 482 g/mol. The maximum atomic E-state index is 13.3. The molecular formula is C22H15ClN4O3S2. The molecule has 0 saturated carbocycles. The summed E-state index contributed by atoms with van der Waals surface area (Å²) < 4.78 is 7.56. The molecule has 2 aromatic carbocycles. The fraction of sp³-hybridized carbons (Fsp3) is 0.0455. The van der Waals surface area contributed by atoms with Crippen LogP contribution >= 0.6 is 35.2 Å². The van der Waals surface area contributed by atoms with E-state index < -0.39 is 12.1 Å². The highest BCUT2D eigenvalue weighted by Crippen LogP contribution is 2.29. The molecule has 3 heterocycles. The van der Waals surface area contributed by atoms with E-state index in [1.807, 2.05) is 35.7 Å². The van der Waals surface area contributed by atoms with Gasteiger partial charge in [0.2, 0.25) is 0 Å². The van der Waals surface area contributed by atoms with Crippen molar-refractivity contribution in [2.24, 2.45) is 0 Å². The number of carbonyl (C=O) groups excluding carboxylic acids is 1. The maximum Gasteiger partial charge on any atom is 0.265 e. The van der Waals surface area contributed by atoms with Crippen LogP contribution in [0.5, 0.6) is 11.5 Å². The Hall–Kier alpha value is -3.24. The number of para-hydroxylation sites is 1. The summed E-state index contributed by atoms with van der Waals surface area (Å²) in [6, 6.07) is 16.3. The number of fused-ring (bicyclic) bond motifs is 1. The summed E-state index contributed by atoms with van der Waals surface area (Å²) in [7, 11) is 0. The number of hydrogen-bond donors (Lipinski definition) is 2. The third kappa shape index (κ3) is 3.76. The molecule has 0 aliphatic carbocycles. The van der Waals surface area contributed by atoms with Gasteiger partial charge in [0.05, 0.1) is 17.0 Å². The van der Waals surface area contributed by atoms with Gasteiger partial charge in [-0.1, -0.05) is 29.8 Å². The number of nitrogens with zero attached hydrogens (tertiary/aromatic N) is 3. The number of rotatable bonds is 4. The average molecular weight is 483 g/mol. The molecule has 1 aliphatic heterocycles. The third-order valence-electron chi connectivity index (χ3n) is 4.83. The predicted molar refractivity (Wildman–Crippen MR) is 128 cm³/mol. The standard InChI is InChI=1S/C22H15ClN4O3S2/c23-18-17(26-10-11-32-22(26)24-18)12-16-19(28)25-21(31)27(20(16)29)13-6-8-15(9-7-13)30-14-4-2-1-3-5-14/h1-12,19,28H,(H,25,31). The first-order valence-corrected chi connectivity index (χ1v) is 11.2. The number of aliphatic hydroxyl groups excluding tert-OH is 1. The Morgan fingerprint density at radius 2 is 1.88 bits per heavy atom. The highest BCUT2D eigenvalue weighted by atomic mass is 35.5. The summed E-state index contributed by atoms with van der Waals surface area (Å²) in [5.41, 5.74) is 1.13. The second kappa shape index (κ2) is 8.36. The normalized spacial score (nSPS) is 17.8. The summed E-state index contributed by atoms with van der Waals surface area (Å²) in [6.45, 7) is 0. The molecule has 2 aromatic heterocycles. The second-order valence-electron chi connectivity index (χ2n) is 6.84. The minimum atomic E-state index is -1.27. The van der Waals surface area contributed by atoms with Crippen LogP contribution in [0.2, 0.25) is 5.15 Å². The number of carbonyl (C=O) groups is 1. The van der Waals surface area contributed by atoms with Crippen molar-refractivity contribution >= 4 is 62.9 Å². The fourth-order valence-corrected chi connectivity index (χ4v) is 4.61. The number of aliphatic hydroxyl groups is 1. The van der Waals surface area contributed by atoms with Gasteiger partial charge in [-0.05, 0) is 54.7 Å². The molecule has 0 radical (unpaired) electrons. The number of thiocarbonyl (C=S) groups is 1. The van der Waals surface area contributed by atoms with E-state index in [9.17, 15) is 9.90 Å². The molecule has 1 amide bonds. The highest BCUT2D eigenvalue weighted by Gasteiger charge is 2.35. The Balaban J connectivity index is 1.45. The van der Waals surface area contributed by atoms with Crippen molar-refractivity contribution in [3.8, 4) is 11.5 Å². The molecule has 7 nitrogen and oxygen atoms in total. The first-order valence-electron chi connectivity index (χ1n) is 9.50. The van der Waals surface area contributed by atoms with Gasteiger partial charge >= 0.3 is 0 Å². The molecule has 0 spiro atoms. The summed E-state index contributed by atoms with van der Waals surface area (Å²) in [6.07, 6.45) is 2.05. The Kier molecular flexibility index (Phi) is 5.40. The average Bonchev–Trinajstić information content (AvgIpc) is 3.34. The zero-order valence-corrected chi connectivity index (χ0v) is 18.7. The van der Waals surface area contributed by atoms with Gasteiger partial charge in [-0.3, -0.25) is 14.1 Å². The zero-order valence-electron chi connectivity index (χ0n) is 16.3. The number of aromatic nitrogens is 2. The fourth-order valence-electron chi connectivity index (χ4n) is 3.31. The van der Waals surface area contributed by atoms with Crippen LogP contribution in [0.25, 0.3) is 11.0 Å². The van der Waals surface area contributed by atoms with E-state index in [2.05, 4.69) is 10.3 Å². The van der Waals surface area contributed by atoms with Crippen molar-refractivity contribution in [1.82, 2.24) is 14.7 Å². The zero-order chi connectivity index (χ0) is 22.2. The number of imidazole rings is 1. The number of nitrogens with one attached hydrogen (secondary N) is 1. The van der Waals surface area contributed by atoms with Gasteiger partial charge in [0, 0.05) is 11.6 Å². The predicted octanol–water partition coefficient (Wildman–Crippen LogP) is 4.46. The number of benzene rings is 2. The van der Waals surface area contributed by atoms with E-state index in [0.29, 0.717) is 27.8 Å². The van der Waals surface area contributed by atoms with Crippen LogP contribution < -0.4 is 15.0 Å². The highest BCUT2D eigenvalue weighted by molar-refractivity contribution is 7.80. The number of amides is 1. The summed E-state index contributed by atoms with van der Waals surface area (Å²) in [4.78, 5) is 19.6. The molecule has 2 N–H and O–H groups in total. The van der Waals surface area contributed by atoms with Crippen molar-refractivity contribution in [1.29, 1.82) is 0 Å². The first kappa shape index (κ1) is 20.7. The Bertz CT molecular complexity index is 1350. The van der Waals surface area contributed by atoms with Gasteiger partial charge in [0.1, 0.15) is 11.5 Å². The van der Waals surface area contributed by atoms with E-state index in [-0.39, 0.29) is 15.8 Å². The van der Waals surface area contributed by atoms with Crippen LogP contribution in [0, 0.1) is 0 Å². The van der Waals surface area contributed by atoms with Crippen LogP contribution in [0.4, 0.5) is 5.69 Å². The van der Waals surface area contributed by atoms with Gasteiger partial charge < -0.3 is 15.2 Å².